The summed E-state index contributed by atoms with van der Waals surface area (Å²) in [5.41, 5.74) is 1.71. The molecule has 1 aromatic heterocycles. The second kappa shape index (κ2) is 11.2. The molecule has 4 rings (SSSR count). The number of amides is 2. The highest BCUT2D eigenvalue weighted by molar-refractivity contribution is 8.18. The highest BCUT2D eigenvalue weighted by Crippen LogP contribution is 2.35. The van der Waals surface area contributed by atoms with E-state index in [1.54, 1.807) is 41.8 Å². The van der Waals surface area contributed by atoms with Gasteiger partial charge in [0.2, 0.25) is 0 Å². The first-order chi connectivity index (χ1) is 16.9. The lowest BCUT2D eigenvalue weighted by Gasteiger charge is -2.13. The summed E-state index contributed by atoms with van der Waals surface area (Å²) in [6, 6.07) is 16.0. The van der Waals surface area contributed by atoms with Crippen molar-refractivity contribution in [1.29, 1.82) is 0 Å². The molecule has 2 amide bonds. The molecule has 0 bridgehead atoms. The van der Waals surface area contributed by atoms with Crippen molar-refractivity contribution in [2.24, 2.45) is 0 Å². The van der Waals surface area contributed by atoms with Crippen molar-refractivity contribution in [3.05, 3.63) is 80.9 Å². The molecular formula is C26H23NO6S2. The first kappa shape index (κ1) is 24.6. The second-order valence-electron chi connectivity index (χ2n) is 7.50. The number of nitrogens with zero attached hydrogens (tertiary/aromatic N) is 1. The van der Waals surface area contributed by atoms with Crippen LogP contribution < -0.4 is 14.2 Å². The summed E-state index contributed by atoms with van der Waals surface area (Å²) in [4.78, 5) is 39.5. The summed E-state index contributed by atoms with van der Waals surface area (Å²) < 4.78 is 16.8. The molecule has 180 valence electrons. The van der Waals surface area contributed by atoms with E-state index in [1.165, 1.54) is 16.2 Å². The SMILES string of the molecule is CCOc1cc(/C=C2\SC(=O)N(CCOc3cccc(C)c3)C2=O)ccc1OC(=O)c1cccs1. The third-order valence-electron chi connectivity index (χ3n) is 4.94. The fraction of sp³-hybridized carbons (Fsp3) is 0.192. The van der Waals surface area contributed by atoms with E-state index >= 15 is 0 Å². The van der Waals surface area contributed by atoms with Crippen LogP contribution in [0.4, 0.5) is 4.79 Å². The number of aryl methyl sites for hydroxylation is 1. The zero-order chi connectivity index (χ0) is 24.8. The third-order valence-corrected chi connectivity index (χ3v) is 6.69. The van der Waals surface area contributed by atoms with Crippen molar-refractivity contribution in [2.45, 2.75) is 13.8 Å². The Labute approximate surface area is 211 Å². The van der Waals surface area contributed by atoms with Gasteiger partial charge in [0, 0.05) is 0 Å². The third kappa shape index (κ3) is 6.12. The molecule has 0 radical (unpaired) electrons. The number of hydrogen-bond acceptors (Lipinski definition) is 8. The average molecular weight is 510 g/mol. The van der Waals surface area contributed by atoms with E-state index in [0.717, 1.165) is 17.3 Å². The molecule has 3 aromatic rings. The largest absolute Gasteiger partial charge is 0.492 e. The molecular weight excluding hydrogens is 486 g/mol. The van der Waals surface area contributed by atoms with E-state index < -0.39 is 5.97 Å². The highest BCUT2D eigenvalue weighted by atomic mass is 32.2. The molecule has 0 N–H and O–H groups in total. The molecule has 0 aliphatic carbocycles. The van der Waals surface area contributed by atoms with Crippen LogP contribution in [-0.4, -0.2) is 41.8 Å². The summed E-state index contributed by atoms with van der Waals surface area (Å²) >= 11 is 2.16. The van der Waals surface area contributed by atoms with Gasteiger partial charge in [-0.25, -0.2) is 4.79 Å². The summed E-state index contributed by atoms with van der Waals surface area (Å²) in [6.45, 7) is 4.50. The van der Waals surface area contributed by atoms with E-state index in [1.807, 2.05) is 38.1 Å². The number of carbonyl (C=O) groups is 3. The maximum atomic E-state index is 12.8. The summed E-state index contributed by atoms with van der Waals surface area (Å²) in [7, 11) is 0. The van der Waals surface area contributed by atoms with Crippen molar-refractivity contribution in [1.82, 2.24) is 4.90 Å². The van der Waals surface area contributed by atoms with Crippen LogP contribution in [0.15, 0.2) is 64.9 Å². The number of ether oxygens (including phenoxy) is 3. The van der Waals surface area contributed by atoms with Gasteiger partial charge in [0.05, 0.1) is 18.1 Å². The van der Waals surface area contributed by atoms with Crippen LogP contribution >= 0.6 is 23.1 Å². The lowest BCUT2D eigenvalue weighted by Crippen LogP contribution is -2.32. The number of carbonyl (C=O) groups excluding carboxylic acids is 3. The number of rotatable bonds is 9. The molecule has 0 atom stereocenters. The van der Waals surface area contributed by atoms with Gasteiger partial charge >= 0.3 is 5.97 Å². The molecule has 2 aromatic carbocycles. The second-order valence-corrected chi connectivity index (χ2v) is 9.45. The Kier molecular flexibility index (Phi) is 7.89. The van der Waals surface area contributed by atoms with Gasteiger partial charge in [-0.1, -0.05) is 24.3 Å². The van der Waals surface area contributed by atoms with E-state index in [4.69, 9.17) is 14.2 Å². The number of esters is 1. The fourth-order valence-corrected chi connectivity index (χ4v) is 4.78. The first-order valence-corrected chi connectivity index (χ1v) is 12.6. The minimum absolute atomic E-state index is 0.151. The Hall–Kier alpha value is -3.56. The predicted octanol–water partition coefficient (Wildman–Crippen LogP) is 5.79. The minimum atomic E-state index is -0.470. The zero-order valence-electron chi connectivity index (χ0n) is 19.2. The number of benzene rings is 2. The predicted molar refractivity (Wildman–Crippen MR) is 136 cm³/mol. The van der Waals surface area contributed by atoms with E-state index in [9.17, 15) is 14.4 Å². The van der Waals surface area contributed by atoms with Gasteiger partial charge in [-0.2, -0.15) is 0 Å². The molecule has 1 aliphatic heterocycles. The van der Waals surface area contributed by atoms with Gasteiger partial charge in [-0.3, -0.25) is 14.5 Å². The van der Waals surface area contributed by atoms with Gasteiger partial charge in [0.1, 0.15) is 17.2 Å². The Bertz CT molecular complexity index is 1270. The number of thiophene rings is 1. The fourth-order valence-electron chi connectivity index (χ4n) is 3.32. The monoisotopic (exact) mass is 509 g/mol. The Morgan fingerprint density at radius 3 is 2.63 bits per heavy atom. The number of thioether (sulfide) groups is 1. The van der Waals surface area contributed by atoms with Crippen LogP contribution in [-0.2, 0) is 4.79 Å². The standard InChI is InChI=1S/C26H23NO6S2/c1-3-31-21-15-18(9-10-20(21)33-25(29)22-8-5-13-34-22)16-23-24(28)27(26(30)35-23)11-12-32-19-7-4-6-17(2)14-19/h4-10,13-16H,3,11-12H2,1-2H3/b23-16-. The minimum Gasteiger partial charge on any atom is -0.492 e. The van der Waals surface area contributed by atoms with Gasteiger partial charge in [0.25, 0.3) is 11.1 Å². The van der Waals surface area contributed by atoms with Crippen LogP contribution in [0.1, 0.15) is 27.7 Å². The Balaban J connectivity index is 1.44. The zero-order valence-corrected chi connectivity index (χ0v) is 20.8. The molecule has 1 aliphatic rings. The Morgan fingerprint density at radius 2 is 1.89 bits per heavy atom. The lowest BCUT2D eigenvalue weighted by atomic mass is 10.2. The van der Waals surface area contributed by atoms with Crippen molar-refractivity contribution >= 4 is 46.3 Å². The topological polar surface area (TPSA) is 82.1 Å². The van der Waals surface area contributed by atoms with Gasteiger partial charge < -0.3 is 14.2 Å². The lowest BCUT2D eigenvalue weighted by molar-refractivity contribution is -0.123. The van der Waals surface area contributed by atoms with Gasteiger partial charge in [-0.15, -0.1) is 11.3 Å². The van der Waals surface area contributed by atoms with Crippen molar-refractivity contribution in [3.63, 3.8) is 0 Å². The summed E-state index contributed by atoms with van der Waals surface area (Å²) in [5, 5.41) is 1.45. The van der Waals surface area contributed by atoms with Crippen molar-refractivity contribution in [2.75, 3.05) is 19.8 Å². The normalized spacial score (nSPS) is 14.5. The number of imide groups is 1. The molecule has 7 nitrogen and oxygen atoms in total. The van der Waals surface area contributed by atoms with Crippen molar-refractivity contribution in [3.8, 4) is 17.2 Å². The molecule has 0 saturated carbocycles. The molecule has 2 heterocycles. The maximum absolute atomic E-state index is 12.8. The maximum Gasteiger partial charge on any atom is 0.353 e. The van der Waals surface area contributed by atoms with Crippen LogP contribution in [0.5, 0.6) is 17.2 Å². The van der Waals surface area contributed by atoms with Crippen LogP contribution in [0, 0.1) is 6.92 Å². The first-order valence-electron chi connectivity index (χ1n) is 10.9. The van der Waals surface area contributed by atoms with Crippen LogP contribution in [0.25, 0.3) is 6.08 Å². The quantitative estimate of drug-likeness (QED) is 0.205. The molecule has 0 unspecified atom stereocenters. The van der Waals surface area contributed by atoms with Crippen LogP contribution in [0.3, 0.4) is 0 Å². The molecule has 1 saturated heterocycles. The Morgan fingerprint density at radius 1 is 1.03 bits per heavy atom. The van der Waals surface area contributed by atoms with Gasteiger partial charge in [-0.05, 0) is 78.5 Å². The molecule has 1 fully saturated rings. The molecule has 35 heavy (non-hydrogen) atoms. The summed E-state index contributed by atoms with van der Waals surface area (Å²) in [6.07, 6.45) is 1.62. The van der Waals surface area contributed by atoms with Crippen LogP contribution in [0.2, 0.25) is 0 Å². The molecule has 9 heteroatoms. The van der Waals surface area contributed by atoms with E-state index in [2.05, 4.69) is 0 Å². The van der Waals surface area contributed by atoms with Crippen molar-refractivity contribution < 1.29 is 28.6 Å². The smallest absolute Gasteiger partial charge is 0.353 e. The molecule has 0 spiro atoms. The van der Waals surface area contributed by atoms with E-state index in [0.29, 0.717) is 33.5 Å². The number of hydrogen-bond donors (Lipinski definition) is 0. The average Bonchev–Trinajstić information content (AvgIpc) is 3.46. The van der Waals surface area contributed by atoms with E-state index in [-0.39, 0.29) is 30.0 Å². The highest BCUT2D eigenvalue weighted by Gasteiger charge is 2.34. The summed E-state index contributed by atoms with van der Waals surface area (Å²) in [5.74, 6) is 0.498. The van der Waals surface area contributed by atoms with Gasteiger partial charge in [0.15, 0.2) is 11.5 Å².